The summed E-state index contributed by atoms with van der Waals surface area (Å²) in [5.41, 5.74) is 0. The van der Waals surface area contributed by atoms with Gasteiger partial charge in [0.2, 0.25) is 0 Å². The molecular formula is C18H23N3O2. The van der Waals surface area contributed by atoms with Crippen LogP contribution in [0.2, 0.25) is 0 Å². The van der Waals surface area contributed by atoms with Crippen molar-refractivity contribution in [3.63, 3.8) is 0 Å². The van der Waals surface area contributed by atoms with E-state index in [1.807, 2.05) is 35.2 Å². The van der Waals surface area contributed by atoms with Crippen LogP contribution in [0.15, 0.2) is 42.5 Å². The summed E-state index contributed by atoms with van der Waals surface area (Å²) in [6, 6.07) is 14.4. The third-order valence-electron chi connectivity index (χ3n) is 4.15. The third kappa shape index (κ3) is 3.74. The molecule has 1 fully saturated rings. The standard InChI is InChI=1S/C18H23N3O2/c1-14-13-19-9-11-21(14)18(22)20-10-12-23-17-8-4-6-15-5-2-3-7-16(15)17/h2-8,14,19H,9-13H2,1H3,(H,20,22)/t14-/m1/s1. The average molecular weight is 313 g/mol. The molecule has 5 heteroatoms. The fourth-order valence-corrected chi connectivity index (χ4v) is 2.88. The van der Waals surface area contributed by atoms with Gasteiger partial charge in [-0.15, -0.1) is 0 Å². The first-order valence-electron chi connectivity index (χ1n) is 8.11. The minimum Gasteiger partial charge on any atom is -0.491 e. The van der Waals surface area contributed by atoms with Gasteiger partial charge >= 0.3 is 6.03 Å². The van der Waals surface area contributed by atoms with Gasteiger partial charge in [0.25, 0.3) is 0 Å². The number of ether oxygens (including phenoxy) is 1. The molecule has 0 unspecified atom stereocenters. The van der Waals surface area contributed by atoms with Crippen molar-refractivity contribution < 1.29 is 9.53 Å². The normalized spacial score (nSPS) is 18.0. The Hall–Kier alpha value is -2.27. The Balaban J connectivity index is 1.50. The van der Waals surface area contributed by atoms with Gasteiger partial charge in [0.15, 0.2) is 0 Å². The highest BCUT2D eigenvalue weighted by Crippen LogP contribution is 2.24. The van der Waals surface area contributed by atoms with Crippen LogP contribution in [0.1, 0.15) is 6.92 Å². The molecule has 0 bridgehead atoms. The lowest BCUT2D eigenvalue weighted by atomic mass is 10.1. The number of fused-ring (bicyclic) bond motifs is 1. The quantitative estimate of drug-likeness (QED) is 0.851. The summed E-state index contributed by atoms with van der Waals surface area (Å²) < 4.78 is 5.84. The number of nitrogens with one attached hydrogen (secondary N) is 2. The molecule has 1 atom stereocenters. The lowest BCUT2D eigenvalue weighted by Gasteiger charge is -2.33. The van der Waals surface area contributed by atoms with Crippen LogP contribution in [-0.2, 0) is 0 Å². The smallest absolute Gasteiger partial charge is 0.317 e. The van der Waals surface area contributed by atoms with Gasteiger partial charge in [-0.1, -0.05) is 36.4 Å². The molecule has 2 aromatic rings. The van der Waals surface area contributed by atoms with Crippen molar-refractivity contribution in [2.24, 2.45) is 0 Å². The number of carbonyl (C=O) groups excluding carboxylic acids is 1. The first-order chi connectivity index (χ1) is 11.3. The Morgan fingerprint density at radius 3 is 3.00 bits per heavy atom. The molecule has 1 saturated heterocycles. The number of hydrogen-bond acceptors (Lipinski definition) is 3. The summed E-state index contributed by atoms with van der Waals surface area (Å²) in [6.45, 7) is 5.46. The monoisotopic (exact) mass is 313 g/mol. The molecule has 2 amide bonds. The third-order valence-corrected chi connectivity index (χ3v) is 4.15. The molecule has 2 N–H and O–H groups in total. The predicted octanol–water partition coefficient (Wildman–Crippen LogP) is 2.22. The first-order valence-corrected chi connectivity index (χ1v) is 8.11. The highest BCUT2D eigenvalue weighted by Gasteiger charge is 2.22. The SMILES string of the molecule is C[C@@H]1CNCCN1C(=O)NCCOc1cccc2ccccc12. The second kappa shape index (κ2) is 7.33. The molecule has 2 aromatic carbocycles. The maximum absolute atomic E-state index is 12.2. The van der Waals surface area contributed by atoms with E-state index in [-0.39, 0.29) is 12.1 Å². The largest absolute Gasteiger partial charge is 0.491 e. The van der Waals surface area contributed by atoms with E-state index in [4.69, 9.17) is 4.74 Å². The van der Waals surface area contributed by atoms with Crippen molar-refractivity contribution in [2.75, 3.05) is 32.8 Å². The van der Waals surface area contributed by atoms with Gasteiger partial charge < -0.3 is 20.3 Å². The minimum atomic E-state index is -0.0134. The van der Waals surface area contributed by atoms with Gasteiger partial charge in [-0.3, -0.25) is 0 Å². The molecule has 1 aliphatic heterocycles. The molecule has 23 heavy (non-hydrogen) atoms. The summed E-state index contributed by atoms with van der Waals surface area (Å²) in [6.07, 6.45) is 0. The van der Waals surface area contributed by atoms with Gasteiger partial charge in [0.05, 0.1) is 6.54 Å². The number of carbonyl (C=O) groups is 1. The topological polar surface area (TPSA) is 53.6 Å². The molecule has 0 saturated carbocycles. The number of rotatable bonds is 4. The summed E-state index contributed by atoms with van der Waals surface area (Å²) >= 11 is 0. The van der Waals surface area contributed by atoms with Crippen LogP contribution < -0.4 is 15.4 Å². The van der Waals surface area contributed by atoms with Crippen LogP contribution >= 0.6 is 0 Å². The molecule has 1 aliphatic rings. The summed E-state index contributed by atoms with van der Waals surface area (Å²) in [5.74, 6) is 0.855. The number of urea groups is 1. The molecule has 1 heterocycles. The Morgan fingerprint density at radius 1 is 1.30 bits per heavy atom. The number of hydrogen-bond donors (Lipinski definition) is 2. The van der Waals surface area contributed by atoms with Crippen LogP contribution in [0.4, 0.5) is 4.79 Å². The van der Waals surface area contributed by atoms with Crippen LogP contribution in [0.25, 0.3) is 10.8 Å². The molecule has 0 spiro atoms. The lowest BCUT2D eigenvalue weighted by Crippen LogP contribution is -2.55. The molecule has 122 valence electrons. The second-order valence-corrected chi connectivity index (χ2v) is 5.80. The highest BCUT2D eigenvalue weighted by atomic mass is 16.5. The zero-order valence-electron chi connectivity index (χ0n) is 13.4. The van der Waals surface area contributed by atoms with Gasteiger partial charge in [-0.2, -0.15) is 0 Å². The van der Waals surface area contributed by atoms with Crippen LogP contribution in [0, 0.1) is 0 Å². The summed E-state index contributed by atoms with van der Waals surface area (Å²) in [4.78, 5) is 14.0. The van der Waals surface area contributed by atoms with Crippen molar-refractivity contribution in [3.8, 4) is 5.75 Å². The number of nitrogens with zero attached hydrogens (tertiary/aromatic N) is 1. The fourth-order valence-electron chi connectivity index (χ4n) is 2.88. The summed E-state index contributed by atoms with van der Waals surface area (Å²) in [5, 5.41) is 8.46. The van der Waals surface area contributed by atoms with E-state index >= 15 is 0 Å². The first kappa shape index (κ1) is 15.6. The molecule has 5 nitrogen and oxygen atoms in total. The van der Waals surface area contributed by atoms with Gasteiger partial charge in [-0.05, 0) is 18.4 Å². The van der Waals surface area contributed by atoms with Gasteiger partial charge in [-0.25, -0.2) is 4.79 Å². The molecule has 0 aliphatic carbocycles. The maximum atomic E-state index is 12.2. The van der Waals surface area contributed by atoms with Crippen LogP contribution in [0.3, 0.4) is 0 Å². The van der Waals surface area contributed by atoms with Gasteiger partial charge in [0, 0.05) is 31.1 Å². The number of amides is 2. The second-order valence-electron chi connectivity index (χ2n) is 5.80. The fraction of sp³-hybridized carbons (Fsp3) is 0.389. The van der Waals surface area contributed by atoms with Crippen molar-refractivity contribution in [1.29, 1.82) is 0 Å². The Kier molecular flexibility index (Phi) is 4.98. The van der Waals surface area contributed by atoms with E-state index in [2.05, 4.69) is 29.7 Å². The maximum Gasteiger partial charge on any atom is 0.317 e. The van der Waals surface area contributed by atoms with Crippen LogP contribution in [0.5, 0.6) is 5.75 Å². The van der Waals surface area contributed by atoms with E-state index < -0.39 is 0 Å². The Labute approximate surface area is 136 Å². The molecule has 3 rings (SSSR count). The highest BCUT2D eigenvalue weighted by molar-refractivity contribution is 5.88. The van der Waals surface area contributed by atoms with E-state index in [0.717, 1.165) is 36.2 Å². The zero-order valence-corrected chi connectivity index (χ0v) is 13.4. The minimum absolute atomic E-state index is 0.0134. The van der Waals surface area contributed by atoms with E-state index in [1.165, 1.54) is 0 Å². The Bertz CT molecular complexity index is 669. The molecule has 0 radical (unpaired) electrons. The van der Waals surface area contributed by atoms with Crippen LogP contribution in [-0.4, -0.2) is 49.8 Å². The van der Waals surface area contributed by atoms with E-state index in [1.54, 1.807) is 0 Å². The zero-order chi connectivity index (χ0) is 16.1. The number of piperazine rings is 1. The van der Waals surface area contributed by atoms with Gasteiger partial charge in [0.1, 0.15) is 12.4 Å². The van der Waals surface area contributed by atoms with Crippen molar-refractivity contribution in [1.82, 2.24) is 15.5 Å². The van der Waals surface area contributed by atoms with Crippen molar-refractivity contribution in [3.05, 3.63) is 42.5 Å². The Morgan fingerprint density at radius 2 is 2.13 bits per heavy atom. The number of benzene rings is 2. The average Bonchev–Trinajstić information content (AvgIpc) is 2.59. The van der Waals surface area contributed by atoms with Crippen molar-refractivity contribution >= 4 is 16.8 Å². The summed E-state index contributed by atoms with van der Waals surface area (Å²) in [7, 11) is 0. The lowest BCUT2D eigenvalue weighted by molar-refractivity contribution is 0.162. The van der Waals surface area contributed by atoms with E-state index in [9.17, 15) is 4.79 Å². The predicted molar refractivity (Wildman–Crippen MR) is 91.9 cm³/mol. The van der Waals surface area contributed by atoms with E-state index in [0.29, 0.717) is 13.2 Å². The van der Waals surface area contributed by atoms with Crippen molar-refractivity contribution in [2.45, 2.75) is 13.0 Å². The molecule has 0 aromatic heterocycles. The molecular weight excluding hydrogens is 290 g/mol.